The third-order valence-electron chi connectivity index (χ3n) is 3.47. The summed E-state index contributed by atoms with van der Waals surface area (Å²) in [4.78, 5) is 4.01. The fourth-order valence-corrected chi connectivity index (χ4v) is 2.39. The molecule has 6 heteroatoms. The summed E-state index contributed by atoms with van der Waals surface area (Å²) < 4.78 is 7.51. The zero-order valence-electron chi connectivity index (χ0n) is 12.9. The quantitative estimate of drug-likeness (QED) is 0.756. The highest BCUT2D eigenvalue weighted by atomic mass is 16.5. The monoisotopic (exact) mass is 310 g/mol. The minimum Gasteiger partial charge on any atom is -0.492 e. The Labute approximate surface area is 134 Å². The van der Waals surface area contributed by atoms with Gasteiger partial charge in [-0.2, -0.15) is 0 Å². The molecule has 1 aromatic carbocycles. The van der Waals surface area contributed by atoms with Crippen LogP contribution in [-0.2, 0) is 13.2 Å². The zero-order valence-corrected chi connectivity index (χ0v) is 12.9. The molecule has 2 heterocycles. The number of benzene rings is 1. The van der Waals surface area contributed by atoms with Gasteiger partial charge < -0.3 is 9.84 Å². The molecule has 6 nitrogen and oxygen atoms in total. The average molecular weight is 310 g/mol. The molecule has 3 aromatic rings. The molecule has 2 aromatic heterocycles. The Hall–Kier alpha value is -2.73. The van der Waals surface area contributed by atoms with Crippen LogP contribution in [0, 0.1) is 6.92 Å². The highest BCUT2D eigenvalue weighted by Gasteiger charge is 2.14. The van der Waals surface area contributed by atoms with E-state index in [1.54, 1.807) is 17.1 Å². The summed E-state index contributed by atoms with van der Waals surface area (Å²) in [6.07, 6.45) is 3.41. The van der Waals surface area contributed by atoms with Gasteiger partial charge in [0.2, 0.25) is 0 Å². The second-order valence-electron chi connectivity index (χ2n) is 5.17. The van der Waals surface area contributed by atoms with Crippen molar-refractivity contribution in [3.63, 3.8) is 0 Å². The van der Waals surface area contributed by atoms with Crippen molar-refractivity contribution in [3.05, 3.63) is 60.0 Å². The van der Waals surface area contributed by atoms with Crippen LogP contribution in [0.4, 0.5) is 0 Å². The first-order chi connectivity index (χ1) is 11.3. The van der Waals surface area contributed by atoms with Crippen molar-refractivity contribution in [1.82, 2.24) is 20.0 Å². The average Bonchev–Trinajstić information content (AvgIpc) is 2.99. The summed E-state index contributed by atoms with van der Waals surface area (Å²) in [6.45, 7) is 2.88. The Balaban J connectivity index is 1.74. The van der Waals surface area contributed by atoms with Crippen LogP contribution in [0.15, 0.2) is 48.8 Å². The Morgan fingerprint density at radius 1 is 1.17 bits per heavy atom. The van der Waals surface area contributed by atoms with Crippen molar-refractivity contribution in [2.75, 3.05) is 6.61 Å². The molecule has 0 amide bonds. The maximum Gasteiger partial charge on any atom is 0.119 e. The van der Waals surface area contributed by atoms with E-state index in [2.05, 4.69) is 15.3 Å². The lowest BCUT2D eigenvalue weighted by molar-refractivity contribution is 0.277. The van der Waals surface area contributed by atoms with Crippen molar-refractivity contribution >= 4 is 0 Å². The summed E-state index contributed by atoms with van der Waals surface area (Å²) in [7, 11) is 0. The van der Waals surface area contributed by atoms with Gasteiger partial charge in [-0.05, 0) is 36.8 Å². The number of pyridine rings is 1. The third kappa shape index (κ3) is 3.54. The normalized spacial score (nSPS) is 10.7. The molecule has 0 spiro atoms. The molecule has 0 saturated heterocycles. The SMILES string of the molecule is Cc1cccc(OCCn2nnc(CO)c2-c2ccncc2)c1. The summed E-state index contributed by atoms with van der Waals surface area (Å²) in [5, 5.41) is 17.6. The molecule has 0 bridgehead atoms. The minimum absolute atomic E-state index is 0.156. The fourth-order valence-electron chi connectivity index (χ4n) is 2.39. The van der Waals surface area contributed by atoms with E-state index >= 15 is 0 Å². The number of nitrogens with zero attached hydrogens (tertiary/aromatic N) is 4. The van der Waals surface area contributed by atoms with Crippen molar-refractivity contribution < 1.29 is 9.84 Å². The Morgan fingerprint density at radius 3 is 2.74 bits per heavy atom. The lowest BCUT2D eigenvalue weighted by atomic mass is 10.1. The van der Waals surface area contributed by atoms with Crippen LogP contribution < -0.4 is 4.74 Å². The number of aryl methyl sites for hydroxylation is 1. The van der Waals surface area contributed by atoms with Crippen molar-refractivity contribution in [2.45, 2.75) is 20.1 Å². The molecular weight excluding hydrogens is 292 g/mol. The maximum atomic E-state index is 9.46. The van der Waals surface area contributed by atoms with Gasteiger partial charge in [0, 0.05) is 18.0 Å². The van der Waals surface area contributed by atoms with E-state index in [1.807, 2.05) is 43.3 Å². The standard InChI is InChI=1S/C17H18N4O2/c1-13-3-2-4-15(11-13)23-10-9-21-17(16(12-22)19-20-21)14-5-7-18-8-6-14/h2-8,11,22H,9-10,12H2,1H3. The number of hydrogen-bond acceptors (Lipinski definition) is 5. The predicted octanol–water partition coefficient (Wildman–Crippen LogP) is 2.22. The largest absolute Gasteiger partial charge is 0.492 e. The van der Waals surface area contributed by atoms with E-state index in [4.69, 9.17) is 4.74 Å². The molecule has 0 fully saturated rings. The predicted molar refractivity (Wildman–Crippen MR) is 85.8 cm³/mol. The second kappa shape index (κ2) is 7.02. The van der Waals surface area contributed by atoms with Crippen LogP contribution in [0.5, 0.6) is 5.75 Å². The number of hydrogen-bond donors (Lipinski definition) is 1. The number of aromatic nitrogens is 4. The van der Waals surface area contributed by atoms with Crippen molar-refractivity contribution in [1.29, 1.82) is 0 Å². The third-order valence-corrected chi connectivity index (χ3v) is 3.47. The molecule has 0 aliphatic carbocycles. The molecule has 118 valence electrons. The van der Waals surface area contributed by atoms with Gasteiger partial charge in [-0.3, -0.25) is 4.98 Å². The molecule has 0 atom stereocenters. The van der Waals surface area contributed by atoms with Gasteiger partial charge in [0.25, 0.3) is 0 Å². The van der Waals surface area contributed by atoms with Gasteiger partial charge >= 0.3 is 0 Å². The number of aliphatic hydroxyl groups excluding tert-OH is 1. The van der Waals surface area contributed by atoms with Crippen LogP contribution in [-0.4, -0.2) is 31.7 Å². The van der Waals surface area contributed by atoms with Crippen LogP contribution in [0.25, 0.3) is 11.3 Å². The number of rotatable bonds is 6. The van der Waals surface area contributed by atoms with Crippen LogP contribution in [0.3, 0.4) is 0 Å². The number of aliphatic hydroxyl groups is 1. The van der Waals surface area contributed by atoms with E-state index < -0.39 is 0 Å². The Kier molecular flexibility index (Phi) is 4.63. The first kappa shape index (κ1) is 15.2. The second-order valence-corrected chi connectivity index (χ2v) is 5.17. The van der Waals surface area contributed by atoms with Gasteiger partial charge in [0.05, 0.1) is 18.8 Å². The molecule has 0 saturated carbocycles. The minimum atomic E-state index is -0.156. The van der Waals surface area contributed by atoms with Crippen LogP contribution in [0.1, 0.15) is 11.3 Å². The molecule has 1 N–H and O–H groups in total. The summed E-state index contributed by atoms with van der Waals surface area (Å²) in [5.41, 5.74) is 3.42. The summed E-state index contributed by atoms with van der Waals surface area (Å²) in [5.74, 6) is 0.831. The zero-order chi connectivity index (χ0) is 16.1. The Bertz CT molecular complexity index is 771. The fraction of sp³-hybridized carbons (Fsp3) is 0.235. The molecule has 0 unspecified atom stereocenters. The van der Waals surface area contributed by atoms with E-state index in [9.17, 15) is 5.11 Å². The number of ether oxygens (including phenoxy) is 1. The summed E-state index contributed by atoms with van der Waals surface area (Å²) >= 11 is 0. The van der Waals surface area contributed by atoms with Crippen molar-refractivity contribution in [3.8, 4) is 17.0 Å². The molecule has 0 aliphatic heterocycles. The first-order valence-electron chi connectivity index (χ1n) is 7.41. The topological polar surface area (TPSA) is 73.1 Å². The molecule has 23 heavy (non-hydrogen) atoms. The van der Waals surface area contributed by atoms with Gasteiger partial charge in [-0.1, -0.05) is 17.3 Å². The molecule has 0 aliphatic rings. The molecule has 0 radical (unpaired) electrons. The smallest absolute Gasteiger partial charge is 0.119 e. The van der Waals surface area contributed by atoms with Gasteiger partial charge in [0.15, 0.2) is 0 Å². The highest BCUT2D eigenvalue weighted by molar-refractivity contribution is 5.60. The van der Waals surface area contributed by atoms with Crippen molar-refractivity contribution in [2.24, 2.45) is 0 Å². The molecule has 3 rings (SSSR count). The van der Waals surface area contributed by atoms with E-state index in [0.29, 0.717) is 18.8 Å². The first-order valence-corrected chi connectivity index (χ1v) is 7.41. The highest BCUT2D eigenvalue weighted by Crippen LogP contribution is 2.21. The maximum absolute atomic E-state index is 9.46. The van der Waals surface area contributed by atoms with E-state index in [0.717, 1.165) is 22.6 Å². The lowest BCUT2D eigenvalue weighted by Crippen LogP contribution is -2.11. The van der Waals surface area contributed by atoms with Crippen LogP contribution >= 0.6 is 0 Å². The van der Waals surface area contributed by atoms with Gasteiger partial charge in [0.1, 0.15) is 18.1 Å². The summed E-state index contributed by atoms with van der Waals surface area (Å²) in [6, 6.07) is 11.7. The molecular formula is C17H18N4O2. The van der Waals surface area contributed by atoms with E-state index in [1.165, 1.54) is 0 Å². The van der Waals surface area contributed by atoms with E-state index in [-0.39, 0.29) is 6.61 Å². The van der Waals surface area contributed by atoms with Gasteiger partial charge in [-0.25, -0.2) is 4.68 Å². The lowest BCUT2D eigenvalue weighted by Gasteiger charge is -2.09. The Morgan fingerprint density at radius 2 is 2.00 bits per heavy atom. The van der Waals surface area contributed by atoms with Crippen LogP contribution in [0.2, 0.25) is 0 Å². The van der Waals surface area contributed by atoms with Gasteiger partial charge in [-0.15, -0.1) is 5.10 Å².